The van der Waals surface area contributed by atoms with Crippen LogP contribution < -0.4 is 10.1 Å². The lowest BCUT2D eigenvalue weighted by Crippen LogP contribution is -2.27. The van der Waals surface area contributed by atoms with Crippen LogP contribution in [-0.2, 0) is 6.42 Å². The van der Waals surface area contributed by atoms with E-state index < -0.39 is 0 Å². The van der Waals surface area contributed by atoms with Crippen molar-refractivity contribution in [3.05, 3.63) is 29.3 Å². The van der Waals surface area contributed by atoms with Crippen LogP contribution in [0.15, 0.2) is 18.2 Å². The first-order chi connectivity index (χ1) is 8.71. The highest BCUT2D eigenvalue weighted by molar-refractivity contribution is 5.40. The molecule has 0 aliphatic heterocycles. The smallest absolute Gasteiger partial charge is 0.123 e. The van der Waals surface area contributed by atoms with Crippen LogP contribution in [0.2, 0.25) is 0 Å². The molecule has 0 heterocycles. The molecule has 0 bridgehead atoms. The number of aliphatic hydroxyl groups excluding tert-OH is 1. The Morgan fingerprint density at radius 3 is 2.50 bits per heavy atom. The molecule has 3 nitrogen and oxygen atoms in total. The highest BCUT2D eigenvalue weighted by Gasteiger charge is 2.22. The van der Waals surface area contributed by atoms with Crippen molar-refractivity contribution < 1.29 is 9.84 Å². The van der Waals surface area contributed by atoms with E-state index in [9.17, 15) is 5.11 Å². The maximum atomic E-state index is 9.50. The molecule has 0 aliphatic carbocycles. The topological polar surface area (TPSA) is 41.5 Å². The van der Waals surface area contributed by atoms with Crippen molar-refractivity contribution in [2.24, 2.45) is 5.92 Å². The van der Waals surface area contributed by atoms with Gasteiger partial charge in [-0.15, -0.1) is 0 Å². The van der Waals surface area contributed by atoms with E-state index in [1.165, 1.54) is 5.56 Å². The molecule has 0 amide bonds. The fourth-order valence-electron chi connectivity index (χ4n) is 2.36. The van der Waals surface area contributed by atoms with E-state index in [1.54, 1.807) is 7.11 Å². The van der Waals surface area contributed by atoms with Gasteiger partial charge in [0.15, 0.2) is 0 Å². The fourth-order valence-corrected chi connectivity index (χ4v) is 2.36. The Bertz CT molecular complexity index is 362. The number of hydrogen-bond acceptors (Lipinski definition) is 3. The molecule has 0 aliphatic rings. The zero-order chi connectivity index (χ0) is 13.5. The Labute approximate surface area is 110 Å². The molecule has 3 heteroatoms. The average Bonchev–Trinajstić information content (AvgIpc) is 2.43. The zero-order valence-electron chi connectivity index (χ0n) is 11.9. The van der Waals surface area contributed by atoms with E-state index in [0.717, 1.165) is 24.2 Å². The van der Waals surface area contributed by atoms with Gasteiger partial charge in [-0.05, 0) is 31.5 Å². The first kappa shape index (κ1) is 15.0. The third kappa shape index (κ3) is 3.24. The molecular weight excluding hydrogens is 226 g/mol. The molecule has 0 radical (unpaired) electrons. The van der Waals surface area contributed by atoms with E-state index in [2.05, 4.69) is 31.3 Å². The second kappa shape index (κ2) is 7.39. The Hall–Kier alpha value is -1.06. The fraction of sp³-hybridized carbons (Fsp3) is 0.600. The summed E-state index contributed by atoms with van der Waals surface area (Å²) in [6.45, 7) is 4.42. The molecule has 0 aromatic heterocycles. The van der Waals surface area contributed by atoms with Crippen molar-refractivity contribution >= 4 is 0 Å². The van der Waals surface area contributed by atoms with Crippen LogP contribution in [0.25, 0.3) is 0 Å². The van der Waals surface area contributed by atoms with Crippen LogP contribution in [0, 0.1) is 5.92 Å². The summed E-state index contributed by atoms with van der Waals surface area (Å²) in [4.78, 5) is 0. The van der Waals surface area contributed by atoms with Crippen molar-refractivity contribution in [2.75, 3.05) is 20.8 Å². The van der Waals surface area contributed by atoms with E-state index in [0.29, 0.717) is 0 Å². The van der Waals surface area contributed by atoms with Crippen molar-refractivity contribution in [3.63, 3.8) is 0 Å². The zero-order valence-corrected chi connectivity index (χ0v) is 11.9. The van der Waals surface area contributed by atoms with E-state index >= 15 is 0 Å². The van der Waals surface area contributed by atoms with Gasteiger partial charge in [0.2, 0.25) is 0 Å². The number of ether oxygens (including phenoxy) is 1. The third-order valence-electron chi connectivity index (χ3n) is 3.58. The van der Waals surface area contributed by atoms with Gasteiger partial charge in [-0.2, -0.15) is 0 Å². The summed E-state index contributed by atoms with van der Waals surface area (Å²) in [6.07, 6.45) is 1.94. The molecule has 0 fully saturated rings. The summed E-state index contributed by atoms with van der Waals surface area (Å²) in [5.74, 6) is 1.09. The first-order valence-electron chi connectivity index (χ1n) is 6.66. The standard InChI is InChI=1S/C15H25NO2/c1-5-11-7-8-14(18-4)13(9-11)15(16-3)12(6-2)10-17/h7-9,12,15-17H,5-6,10H2,1-4H3. The SMILES string of the molecule is CCc1ccc(OC)c(C(NC)C(CC)CO)c1. The maximum absolute atomic E-state index is 9.50. The molecular formula is C15H25NO2. The summed E-state index contributed by atoms with van der Waals surface area (Å²) in [6, 6.07) is 6.41. The number of rotatable bonds is 7. The Morgan fingerprint density at radius 2 is 2.06 bits per heavy atom. The second-order valence-corrected chi connectivity index (χ2v) is 4.55. The summed E-state index contributed by atoms with van der Waals surface area (Å²) in [7, 11) is 3.62. The highest BCUT2D eigenvalue weighted by atomic mass is 16.5. The molecule has 2 unspecified atom stereocenters. The van der Waals surface area contributed by atoms with Crippen LogP contribution >= 0.6 is 0 Å². The van der Waals surface area contributed by atoms with Crippen LogP contribution in [0.5, 0.6) is 5.75 Å². The number of aliphatic hydroxyl groups is 1. The molecule has 0 saturated heterocycles. The summed E-state index contributed by atoms with van der Waals surface area (Å²) in [5.41, 5.74) is 2.43. The lowest BCUT2D eigenvalue weighted by atomic mass is 9.90. The quantitative estimate of drug-likeness (QED) is 0.782. The van der Waals surface area contributed by atoms with Gasteiger partial charge in [-0.3, -0.25) is 0 Å². The lowest BCUT2D eigenvalue weighted by Gasteiger charge is -2.26. The molecule has 2 N–H and O–H groups in total. The first-order valence-corrected chi connectivity index (χ1v) is 6.66. The predicted molar refractivity (Wildman–Crippen MR) is 75.0 cm³/mol. The van der Waals surface area contributed by atoms with Crippen LogP contribution in [0.1, 0.15) is 37.4 Å². The van der Waals surface area contributed by atoms with E-state index in [4.69, 9.17) is 4.74 Å². The molecule has 2 atom stereocenters. The van der Waals surface area contributed by atoms with Gasteiger partial charge >= 0.3 is 0 Å². The number of nitrogens with one attached hydrogen (secondary N) is 1. The average molecular weight is 251 g/mol. The molecule has 102 valence electrons. The van der Waals surface area contributed by atoms with Gasteiger partial charge in [0.1, 0.15) is 5.75 Å². The van der Waals surface area contributed by atoms with Gasteiger partial charge in [0.05, 0.1) is 7.11 Å². The Morgan fingerprint density at radius 1 is 1.33 bits per heavy atom. The van der Waals surface area contributed by atoms with Crippen molar-refractivity contribution in [2.45, 2.75) is 32.7 Å². The molecule has 1 rings (SSSR count). The largest absolute Gasteiger partial charge is 0.496 e. The number of hydrogen-bond donors (Lipinski definition) is 2. The third-order valence-corrected chi connectivity index (χ3v) is 3.58. The minimum absolute atomic E-state index is 0.126. The van der Waals surface area contributed by atoms with Crippen LogP contribution in [0.4, 0.5) is 0 Å². The van der Waals surface area contributed by atoms with Crippen molar-refractivity contribution in [1.29, 1.82) is 0 Å². The second-order valence-electron chi connectivity index (χ2n) is 4.55. The summed E-state index contributed by atoms with van der Waals surface area (Å²) < 4.78 is 5.45. The van der Waals surface area contributed by atoms with Gasteiger partial charge in [-0.1, -0.05) is 26.0 Å². The van der Waals surface area contributed by atoms with Gasteiger partial charge in [0, 0.05) is 24.1 Å². The minimum Gasteiger partial charge on any atom is -0.496 e. The number of benzene rings is 1. The highest BCUT2D eigenvalue weighted by Crippen LogP contribution is 2.32. The van der Waals surface area contributed by atoms with Crippen molar-refractivity contribution in [3.8, 4) is 5.75 Å². The Balaban J connectivity index is 3.16. The maximum Gasteiger partial charge on any atom is 0.123 e. The summed E-state index contributed by atoms with van der Waals surface area (Å²) in [5, 5.41) is 12.8. The summed E-state index contributed by atoms with van der Waals surface area (Å²) >= 11 is 0. The number of methoxy groups -OCH3 is 1. The van der Waals surface area contributed by atoms with E-state index in [1.807, 2.05) is 13.1 Å². The predicted octanol–water partition coefficient (Wildman–Crippen LogP) is 2.54. The number of aryl methyl sites for hydroxylation is 1. The van der Waals surface area contributed by atoms with Crippen LogP contribution in [0.3, 0.4) is 0 Å². The van der Waals surface area contributed by atoms with Crippen molar-refractivity contribution in [1.82, 2.24) is 5.32 Å². The molecule has 1 aromatic carbocycles. The van der Waals surface area contributed by atoms with Crippen LogP contribution in [-0.4, -0.2) is 25.9 Å². The van der Waals surface area contributed by atoms with Gasteiger partial charge < -0.3 is 15.2 Å². The molecule has 0 spiro atoms. The monoisotopic (exact) mass is 251 g/mol. The molecule has 18 heavy (non-hydrogen) atoms. The minimum atomic E-state index is 0.126. The lowest BCUT2D eigenvalue weighted by molar-refractivity contribution is 0.187. The van der Waals surface area contributed by atoms with E-state index in [-0.39, 0.29) is 18.6 Å². The normalized spacial score (nSPS) is 14.3. The Kier molecular flexibility index (Phi) is 6.16. The van der Waals surface area contributed by atoms with Gasteiger partial charge in [0.25, 0.3) is 0 Å². The molecule has 1 aromatic rings. The molecule has 0 saturated carbocycles. The van der Waals surface area contributed by atoms with Gasteiger partial charge in [-0.25, -0.2) is 0 Å².